The van der Waals surface area contributed by atoms with Crippen LogP contribution in [-0.2, 0) is 11.3 Å². The molecule has 0 spiro atoms. The van der Waals surface area contributed by atoms with E-state index in [1.54, 1.807) is 19.2 Å². The van der Waals surface area contributed by atoms with Gasteiger partial charge >= 0.3 is 0 Å². The summed E-state index contributed by atoms with van der Waals surface area (Å²) in [6.45, 7) is 3.18. The van der Waals surface area contributed by atoms with Crippen LogP contribution in [0.15, 0.2) is 42.5 Å². The molecule has 4 nitrogen and oxygen atoms in total. The molecule has 144 valence electrons. The highest BCUT2D eigenvalue weighted by Gasteiger charge is 2.44. The Labute approximate surface area is 159 Å². The van der Waals surface area contributed by atoms with Crippen LogP contribution in [0.5, 0.6) is 11.5 Å². The molecule has 1 fully saturated rings. The number of carbonyl (C=O) groups is 1. The summed E-state index contributed by atoms with van der Waals surface area (Å²) < 4.78 is 25.0. The molecule has 0 heterocycles. The molecule has 5 heteroatoms. The van der Waals surface area contributed by atoms with E-state index in [0.29, 0.717) is 36.6 Å². The van der Waals surface area contributed by atoms with Crippen LogP contribution in [-0.4, -0.2) is 19.6 Å². The third-order valence-electron chi connectivity index (χ3n) is 4.88. The van der Waals surface area contributed by atoms with Crippen LogP contribution in [0.3, 0.4) is 0 Å². The molecule has 0 bridgehead atoms. The van der Waals surface area contributed by atoms with Gasteiger partial charge < -0.3 is 14.8 Å². The van der Waals surface area contributed by atoms with Crippen molar-refractivity contribution >= 4 is 5.91 Å². The molecule has 0 radical (unpaired) electrons. The number of carbonyl (C=O) groups excluding carboxylic acids is 1. The maximum Gasteiger partial charge on any atom is 0.224 e. The fourth-order valence-electron chi connectivity index (χ4n) is 3.19. The van der Waals surface area contributed by atoms with Crippen molar-refractivity contribution in [2.75, 3.05) is 13.7 Å². The number of nitrogens with one attached hydrogen (secondary N) is 1. The molecule has 2 aromatic rings. The Kier molecular flexibility index (Phi) is 6.32. The van der Waals surface area contributed by atoms with Gasteiger partial charge in [-0.2, -0.15) is 0 Å². The van der Waals surface area contributed by atoms with E-state index in [-0.39, 0.29) is 23.6 Å². The molecule has 0 saturated heterocycles. The minimum Gasteiger partial charge on any atom is -0.493 e. The number of hydrogen-bond acceptors (Lipinski definition) is 3. The first-order valence-corrected chi connectivity index (χ1v) is 9.46. The normalized spacial score (nSPS) is 18.0. The first-order chi connectivity index (χ1) is 13.1. The summed E-state index contributed by atoms with van der Waals surface area (Å²) in [7, 11) is 1.60. The molecule has 2 aromatic carbocycles. The highest BCUT2D eigenvalue weighted by molar-refractivity contribution is 5.82. The van der Waals surface area contributed by atoms with Crippen LogP contribution in [0.2, 0.25) is 0 Å². The molecule has 1 amide bonds. The highest BCUT2D eigenvalue weighted by atomic mass is 19.1. The van der Waals surface area contributed by atoms with Gasteiger partial charge in [-0.3, -0.25) is 4.79 Å². The van der Waals surface area contributed by atoms with Gasteiger partial charge in [0.2, 0.25) is 5.91 Å². The Hall–Kier alpha value is -2.56. The molecule has 1 saturated carbocycles. The van der Waals surface area contributed by atoms with E-state index in [4.69, 9.17) is 9.47 Å². The van der Waals surface area contributed by atoms with E-state index >= 15 is 0 Å². The summed E-state index contributed by atoms with van der Waals surface area (Å²) >= 11 is 0. The molecule has 0 aliphatic heterocycles. The lowest BCUT2D eigenvalue weighted by Gasteiger charge is -2.12. The van der Waals surface area contributed by atoms with Crippen molar-refractivity contribution in [2.24, 2.45) is 5.92 Å². The number of benzene rings is 2. The number of amides is 1. The van der Waals surface area contributed by atoms with E-state index in [1.165, 1.54) is 6.07 Å². The number of halogens is 1. The lowest BCUT2D eigenvalue weighted by atomic mass is 10.1. The number of ether oxygens (including phenoxy) is 2. The summed E-state index contributed by atoms with van der Waals surface area (Å²) in [5, 5.41) is 2.95. The molecule has 3 rings (SSSR count). The van der Waals surface area contributed by atoms with Crippen molar-refractivity contribution < 1.29 is 18.7 Å². The van der Waals surface area contributed by atoms with Crippen LogP contribution in [0.1, 0.15) is 43.2 Å². The fraction of sp³-hybridized carbons (Fsp3) is 0.409. The van der Waals surface area contributed by atoms with Crippen molar-refractivity contribution in [3.05, 3.63) is 59.4 Å². The van der Waals surface area contributed by atoms with E-state index < -0.39 is 0 Å². The second-order valence-electron chi connectivity index (χ2n) is 6.88. The van der Waals surface area contributed by atoms with Gasteiger partial charge in [-0.1, -0.05) is 37.6 Å². The van der Waals surface area contributed by atoms with Gasteiger partial charge in [0, 0.05) is 12.5 Å². The Morgan fingerprint density at radius 2 is 2.04 bits per heavy atom. The summed E-state index contributed by atoms with van der Waals surface area (Å²) in [5.74, 6) is 0.929. The smallest absolute Gasteiger partial charge is 0.224 e. The van der Waals surface area contributed by atoms with Crippen LogP contribution in [0.25, 0.3) is 0 Å². The van der Waals surface area contributed by atoms with E-state index in [2.05, 4.69) is 12.2 Å². The number of methoxy groups -OCH3 is 1. The van der Waals surface area contributed by atoms with Gasteiger partial charge in [-0.05, 0) is 48.1 Å². The second kappa shape index (κ2) is 8.89. The van der Waals surface area contributed by atoms with Crippen molar-refractivity contribution in [1.29, 1.82) is 0 Å². The van der Waals surface area contributed by atoms with E-state index in [9.17, 15) is 9.18 Å². The average molecular weight is 371 g/mol. The van der Waals surface area contributed by atoms with E-state index in [1.807, 2.05) is 24.3 Å². The van der Waals surface area contributed by atoms with Crippen LogP contribution < -0.4 is 14.8 Å². The first kappa shape index (κ1) is 19.2. The fourth-order valence-corrected chi connectivity index (χ4v) is 3.19. The molecule has 2 atom stereocenters. The Morgan fingerprint density at radius 1 is 1.22 bits per heavy atom. The highest BCUT2D eigenvalue weighted by Crippen LogP contribution is 2.48. The summed E-state index contributed by atoms with van der Waals surface area (Å²) in [6, 6.07) is 12.3. The molecular formula is C22H26FNO3. The second-order valence-corrected chi connectivity index (χ2v) is 6.88. The largest absolute Gasteiger partial charge is 0.493 e. The monoisotopic (exact) mass is 371 g/mol. The quantitative estimate of drug-likeness (QED) is 0.663. The van der Waals surface area contributed by atoms with Gasteiger partial charge in [-0.25, -0.2) is 4.39 Å². The van der Waals surface area contributed by atoms with Gasteiger partial charge in [0.15, 0.2) is 11.5 Å². The maximum atomic E-state index is 13.8. The van der Waals surface area contributed by atoms with Crippen molar-refractivity contribution in [1.82, 2.24) is 5.32 Å². The van der Waals surface area contributed by atoms with Gasteiger partial charge in [0.05, 0.1) is 13.7 Å². The lowest BCUT2D eigenvalue weighted by molar-refractivity contribution is -0.122. The topological polar surface area (TPSA) is 47.6 Å². The molecule has 1 aliphatic rings. The Balaban J connectivity index is 1.54. The number of rotatable bonds is 9. The summed E-state index contributed by atoms with van der Waals surface area (Å²) in [4.78, 5) is 12.4. The third kappa shape index (κ3) is 4.79. The lowest BCUT2D eigenvalue weighted by Crippen LogP contribution is -2.25. The van der Waals surface area contributed by atoms with Gasteiger partial charge in [-0.15, -0.1) is 0 Å². The van der Waals surface area contributed by atoms with Crippen LogP contribution >= 0.6 is 0 Å². The molecule has 0 aromatic heterocycles. The molecule has 2 unspecified atom stereocenters. The standard InChI is InChI=1S/C22H26FNO3/c1-3-4-11-27-20-10-9-15(12-21(20)26-2)14-24-22(25)18-13-17(18)16-7-5-6-8-19(16)23/h5-10,12,17-18H,3-4,11,13-14H2,1-2H3,(H,24,25). The Morgan fingerprint density at radius 3 is 2.78 bits per heavy atom. The molecule has 27 heavy (non-hydrogen) atoms. The summed E-state index contributed by atoms with van der Waals surface area (Å²) in [5.41, 5.74) is 1.57. The van der Waals surface area contributed by atoms with Crippen LogP contribution in [0.4, 0.5) is 4.39 Å². The molecule has 1 aliphatic carbocycles. The molecular weight excluding hydrogens is 345 g/mol. The average Bonchev–Trinajstić information content (AvgIpc) is 3.48. The Bertz CT molecular complexity index is 793. The van der Waals surface area contributed by atoms with Crippen LogP contribution in [0, 0.1) is 11.7 Å². The predicted molar refractivity (Wildman–Crippen MR) is 102 cm³/mol. The number of unbranched alkanes of at least 4 members (excludes halogenated alkanes) is 1. The summed E-state index contributed by atoms with van der Waals surface area (Å²) in [6.07, 6.45) is 2.76. The van der Waals surface area contributed by atoms with Crippen molar-refractivity contribution in [3.63, 3.8) is 0 Å². The van der Waals surface area contributed by atoms with Gasteiger partial charge in [0.1, 0.15) is 5.82 Å². The van der Waals surface area contributed by atoms with E-state index in [0.717, 1.165) is 18.4 Å². The van der Waals surface area contributed by atoms with Crippen molar-refractivity contribution in [3.8, 4) is 11.5 Å². The minimum atomic E-state index is -0.235. The predicted octanol–water partition coefficient (Wildman–Crippen LogP) is 4.43. The SMILES string of the molecule is CCCCOc1ccc(CNC(=O)C2CC2c2ccccc2F)cc1OC. The minimum absolute atomic E-state index is 0.0184. The zero-order valence-corrected chi connectivity index (χ0v) is 15.8. The molecule has 1 N–H and O–H groups in total. The zero-order chi connectivity index (χ0) is 19.2. The van der Waals surface area contributed by atoms with Crippen molar-refractivity contribution in [2.45, 2.75) is 38.6 Å². The third-order valence-corrected chi connectivity index (χ3v) is 4.88. The maximum absolute atomic E-state index is 13.8. The first-order valence-electron chi connectivity index (χ1n) is 9.46. The number of hydrogen-bond donors (Lipinski definition) is 1. The van der Waals surface area contributed by atoms with Gasteiger partial charge in [0.25, 0.3) is 0 Å². The zero-order valence-electron chi connectivity index (χ0n) is 15.8.